The van der Waals surface area contributed by atoms with Crippen LogP contribution >= 0.6 is 0 Å². The molecule has 2 aromatic rings. The summed E-state index contributed by atoms with van der Waals surface area (Å²) >= 11 is 0. The fourth-order valence-corrected chi connectivity index (χ4v) is 4.48. The molecule has 2 atom stereocenters. The molecular weight excluding hydrogens is 344 g/mol. The van der Waals surface area contributed by atoms with Crippen LogP contribution in [-0.4, -0.2) is 12.2 Å². The lowest BCUT2D eigenvalue weighted by molar-refractivity contribution is -0.0373. The lowest BCUT2D eigenvalue weighted by Crippen LogP contribution is -2.35. The third-order valence-electron chi connectivity index (χ3n) is 6.36. The Hall–Kier alpha value is -1.80. The van der Waals surface area contributed by atoms with Crippen LogP contribution in [0.2, 0.25) is 0 Å². The molecule has 150 valence electrons. The van der Waals surface area contributed by atoms with E-state index in [2.05, 4.69) is 77.9 Å². The molecular formula is C26H34O2. The number of fused-ring (bicyclic) bond motifs is 2. The molecule has 0 N–H and O–H groups in total. The van der Waals surface area contributed by atoms with E-state index in [1.807, 2.05) is 0 Å². The molecule has 0 spiro atoms. The zero-order chi connectivity index (χ0) is 20.1. The number of rotatable bonds is 1. The second kappa shape index (κ2) is 6.91. The molecule has 2 unspecified atom stereocenters. The minimum absolute atomic E-state index is 0.134. The van der Waals surface area contributed by atoms with Crippen molar-refractivity contribution in [1.29, 1.82) is 0 Å². The second-order valence-electron chi connectivity index (χ2n) is 10.6. The van der Waals surface area contributed by atoms with Crippen LogP contribution < -0.4 is 4.74 Å². The van der Waals surface area contributed by atoms with E-state index >= 15 is 0 Å². The van der Waals surface area contributed by atoms with Crippen molar-refractivity contribution in [3.63, 3.8) is 0 Å². The van der Waals surface area contributed by atoms with E-state index in [-0.39, 0.29) is 23.0 Å². The van der Waals surface area contributed by atoms with Gasteiger partial charge >= 0.3 is 0 Å². The molecule has 2 heteroatoms. The summed E-state index contributed by atoms with van der Waals surface area (Å²) in [5.74, 6) is 1.10. The highest BCUT2D eigenvalue weighted by Gasteiger charge is 2.34. The van der Waals surface area contributed by atoms with Gasteiger partial charge in [-0.3, -0.25) is 0 Å². The molecule has 0 saturated carbocycles. The van der Waals surface area contributed by atoms with E-state index in [4.69, 9.17) is 9.47 Å². The maximum absolute atomic E-state index is 6.64. The van der Waals surface area contributed by atoms with Crippen molar-refractivity contribution in [2.75, 3.05) is 0 Å². The fraction of sp³-hybridized carbons (Fsp3) is 0.538. The monoisotopic (exact) mass is 378 g/mol. The Kier molecular flexibility index (Phi) is 4.82. The molecule has 0 saturated heterocycles. The quantitative estimate of drug-likeness (QED) is 0.558. The first-order chi connectivity index (χ1) is 13.1. The average Bonchev–Trinajstić information content (AvgIpc) is 2.65. The van der Waals surface area contributed by atoms with Crippen molar-refractivity contribution in [2.45, 2.75) is 79.6 Å². The van der Waals surface area contributed by atoms with Crippen molar-refractivity contribution in [1.82, 2.24) is 0 Å². The average molecular weight is 379 g/mol. The van der Waals surface area contributed by atoms with Crippen molar-refractivity contribution >= 4 is 0 Å². The zero-order valence-corrected chi connectivity index (χ0v) is 18.3. The summed E-state index contributed by atoms with van der Waals surface area (Å²) in [6, 6.07) is 13.3. The SMILES string of the molecule is CC(C)(C)C1Cc2c(cccc2-c2cccc3c2OC(C(C)(C)C)CC3)CO1. The minimum Gasteiger partial charge on any atom is -0.489 e. The van der Waals surface area contributed by atoms with Gasteiger partial charge in [0.25, 0.3) is 0 Å². The molecule has 2 aliphatic heterocycles. The summed E-state index contributed by atoms with van der Waals surface area (Å²) in [6.07, 6.45) is 3.64. The Morgan fingerprint density at radius 2 is 1.43 bits per heavy atom. The topological polar surface area (TPSA) is 18.5 Å². The van der Waals surface area contributed by atoms with Crippen LogP contribution in [0.5, 0.6) is 5.75 Å². The summed E-state index contributed by atoms with van der Waals surface area (Å²) in [4.78, 5) is 0. The van der Waals surface area contributed by atoms with Gasteiger partial charge in [-0.15, -0.1) is 0 Å². The van der Waals surface area contributed by atoms with Crippen molar-refractivity contribution in [3.8, 4) is 16.9 Å². The van der Waals surface area contributed by atoms with Gasteiger partial charge in [-0.05, 0) is 45.9 Å². The van der Waals surface area contributed by atoms with Crippen LogP contribution in [0.15, 0.2) is 36.4 Å². The Bertz CT molecular complexity index is 793. The minimum atomic E-state index is 0.134. The van der Waals surface area contributed by atoms with Crippen LogP contribution in [0.3, 0.4) is 0 Å². The zero-order valence-electron chi connectivity index (χ0n) is 18.3. The Morgan fingerprint density at radius 3 is 2.11 bits per heavy atom. The summed E-state index contributed by atoms with van der Waals surface area (Å²) in [7, 11) is 0. The number of aryl methyl sites for hydroxylation is 1. The number of benzene rings is 2. The van der Waals surface area contributed by atoms with Crippen molar-refractivity contribution in [3.05, 3.63) is 53.1 Å². The van der Waals surface area contributed by atoms with Gasteiger partial charge in [0.1, 0.15) is 11.9 Å². The summed E-state index contributed by atoms with van der Waals surface area (Å²) in [6.45, 7) is 14.3. The fourth-order valence-electron chi connectivity index (χ4n) is 4.48. The van der Waals surface area contributed by atoms with Crippen LogP contribution in [-0.2, 0) is 24.2 Å². The molecule has 28 heavy (non-hydrogen) atoms. The number of hydrogen-bond acceptors (Lipinski definition) is 2. The molecule has 0 bridgehead atoms. The van der Waals surface area contributed by atoms with E-state index < -0.39 is 0 Å². The Labute approximate surface area is 170 Å². The highest BCUT2D eigenvalue weighted by Crippen LogP contribution is 2.44. The van der Waals surface area contributed by atoms with Crippen molar-refractivity contribution < 1.29 is 9.47 Å². The normalized spacial score (nSPS) is 22.2. The van der Waals surface area contributed by atoms with E-state index in [0.29, 0.717) is 6.61 Å². The first-order valence-electron chi connectivity index (χ1n) is 10.7. The van der Waals surface area contributed by atoms with E-state index in [0.717, 1.165) is 25.0 Å². The second-order valence-corrected chi connectivity index (χ2v) is 10.6. The number of hydrogen-bond donors (Lipinski definition) is 0. The van der Waals surface area contributed by atoms with Gasteiger partial charge in [0, 0.05) is 12.0 Å². The summed E-state index contributed by atoms with van der Waals surface area (Å²) < 4.78 is 12.8. The molecule has 0 radical (unpaired) electrons. The first-order valence-corrected chi connectivity index (χ1v) is 10.7. The van der Waals surface area contributed by atoms with Gasteiger partial charge < -0.3 is 9.47 Å². The van der Waals surface area contributed by atoms with E-state index in [1.165, 1.54) is 27.8 Å². The van der Waals surface area contributed by atoms with Crippen molar-refractivity contribution in [2.24, 2.45) is 10.8 Å². The Balaban J connectivity index is 1.78. The largest absolute Gasteiger partial charge is 0.489 e. The van der Waals surface area contributed by atoms with E-state index in [9.17, 15) is 0 Å². The molecule has 2 aliphatic rings. The highest BCUT2D eigenvalue weighted by atomic mass is 16.5. The highest BCUT2D eigenvalue weighted by molar-refractivity contribution is 5.76. The van der Waals surface area contributed by atoms with Gasteiger partial charge in [-0.1, -0.05) is 77.9 Å². The molecule has 0 aliphatic carbocycles. The van der Waals surface area contributed by atoms with E-state index in [1.54, 1.807) is 0 Å². The van der Waals surface area contributed by atoms with Crippen LogP contribution in [0.25, 0.3) is 11.1 Å². The molecule has 2 nitrogen and oxygen atoms in total. The third-order valence-corrected chi connectivity index (χ3v) is 6.36. The van der Waals surface area contributed by atoms with Gasteiger partial charge in [0.05, 0.1) is 12.7 Å². The van der Waals surface area contributed by atoms with Gasteiger partial charge in [-0.2, -0.15) is 0 Å². The van der Waals surface area contributed by atoms with Crippen LogP contribution in [0.4, 0.5) is 0 Å². The first kappa shape index (κ1) is 19.5. The summed E-state index contributed by atoms with van der Waals surface area (Å²) in [5.41, 5.74) is 6.94. The molecule has 0 aromatic heterocycles. The predicted octanol–water partition coefficient (Wildman–Crippen LogP) is 6.58. The standard InChI is InChI=1S/C26H34O2/c1-25(2,3)22-14-13-17-9-7-12-20(24(17)28-22)19-11-8-10-18-16-27-23(15-21(18)19)26(4,5)6/h7-12,22-23H,13-16H2,1-6H3. The summed E-state index contributed by atoms with van der Waals surface area (Å²) in [5, 5.41) is 0. The lowest BCUT2D eigenvalue weighted by Gasteiger charge is -2.37. The maximum Gasteiger partial charge on any atom is 0.130 e. The van der Waals surface area contributed by atoms with Gasteiger partial charge in [0.2, 0.25) is 0 Å². The Morgan fingerprint density at radius 1 is 0.786 bits per heavy atom. The molecule has 0 amide bonds. The van der Waals surface area contributed by atoms with Crippen LogP contribution in [0, 0.1) is 10.8 Å². The van der Waals surface area contributed by atoms with Gasteiger partial charge in [0.15, 0.2) is 0 Å². The third kappa shape index (κ3) is 3.59. The lowest BCUT2D eigenvalue weighted by atomic mass is 9.80. The number of ether oxygens (including phenoxy) is 2. The predicted molar refractivity (Wildman–Crippen MR) is 116 cm³/mol. The van der Waals surface area contributed by atoms with Crippen LogP contribution in [0.1, 0.15) is 64.7 Å². The molecule has 0 fully saturated rings. The smallest absolute Gasteiger partial charge is 0.130 e. The van der Waals surface area contributed by atoms with Gasteiger partial charge in [-0.25, -0.2) is 0 Å². The molecule has 2 aromatic carbocycles. The molecule has 4 rings (SSSR count). The maximum atomic E-state index is 6.64. The molecule has 2 heterocycles. The number of para-hydroxylation sites is 1.